The van der Waals surface area contributed by atoms with Crippen molar-refractivity contribution in [2.24, 2.45) is 5.92 Å². The van der Waals surface area contributed by atoms with Crippen LogP contribution in [0.1, 0.15) is 44.1 Å². The number of carbonyl (C=O) groups excluding carboxylic acids is 2. The predicted molar refractivity (Wildman–Crippen MR) is 118 cm³/mol. The molecule has 1 saturated heterocycles. The van der Waals surface area contributed by atoms with Crippen LogP contribution >= 0.6 is 11.8 Å². The summed E-state index contributed by atoms with van der Waals surface area (Å²) in [5.74, 6) is 0.608. The fraction of sp³-hybridized carbons (Fsp3) is 0.545. The molecule has 4 atom stereocenters. The Kier molecular flexibility index (Phi) is 5.88. The summed E-state index contributed by atoms with van der Waals surface area (Å²) in [5, 5.41) is 10.2. The molecule has 0 spiro atoms. The Labute approximate surface area is 176 Å². The second-order valence-electron chi connectivity index (χ2n) is 8.21. The van der Waals surface area contributed by atoms with Gasteiger partial charge < -0.3 is 15.5 Å². The summed E-state index contributed by atoms with van der Waals surface area (Å²) in [6.07, 6.45) is 3.20. The van der Waals surface area contributed by atoms with Gasteiger partial charge in [0.1, 0.15) is 5.50 Å². The first kappa shape index (κ1) is 20.3. The lowest BCUT2D eigenvalue weighted by atomic mass is 9.70. The number of nitrogens with zero attached hydrogens (tertiary/aromatic N) is 1. The van der Waals surface area contributed by atoms with Gasteiger partial charge in [0.15, 0.2) is 5.78 Å². The van der Waals surface area contributed by atoms with Gasteiger partial charge in [-0.25, -0.2) is 0 Å². The number of allylic oxidation sites excluding steroid dienone is 2. The maximum atomic E-state index is 13.2. The van der Waals surface area contributed by atoms with Crippen molar-refractivity contribution in [3.63, 3.8) is 0 Å². The Bertz CT molecular complexity index is 821. The molecule has 1 aliphatic carbocycles. The van der Waals surface area contributed by atoms with Crippen LogP contribution in [0.25, 0.3) is 0 Å². The molecule has 2 heterocycles. The van der Waals surface area contributed by atoms with Crippen LogP contribution in [-0.4, -0.2) is 43.2 Å². The number of ketones is 1. The molecule has 1 amide bonds. The normalized spacial score (nSPS) is 28.9. The highest BCUT2D eigenvalue weighted by atomic mass is 32.2. The highest BCUT2D eigenvalue weighted by Gasteiger charge is 2.48. The minimum atomic E-state index is -0.348. The minimum absolute atomic E-state index is 0.0152. The summed E-state index contributed by atoms with van der Waals surface area (Å²) in [6, 6.07) is 8.27. The number of amides is 1. The van der Waals surface area contributed by atoms with Crippen LogP contribution in [0.5, 0.6) is 0 Å². The van der Waals surface area contributed by atoms with E-state index in [2.05, 4.69) is 52.0 Å². The number of anilines is 1. The minimum Gasteiger partial charge on any atom is -0.378 e. The molecule has 3 aliphatic rings. The predicted octanol–water partition coefficient (Wildman–Crippen LogP) is 2.54. The quantitative estimate of drug-likeness (QED) is 0.688. The molecule has 7 heteroatoms. The van der Waals surface area contributed by atoms with E-state index in [1.54, 1.807) is 11.8 Å². The fourth-order valence-corrected chi connectivity index (χ4v) is 5.50. The number of benzene rings is 1. The van der Waals surface area contributed by atoms with Crippen LogP contribution in [0.2, 0.25) is 0 Å². The maximum Gasteiger partial charge on any atom is 0.229 e. The van der Waals surface area contributed by atoms with Crippen molar-refractivity contribution in [2.75, 3.05) is 24.7 Å². The van der Waals surface area contributed by atoms with Gasteiger partial charge in [-0.15, -0.1) is 11.8 Å². The first-order valence-corrected chi connectivity index (χ1v) is 11.5. The molecule has 4 rings (SSSR count). The summed E-state index contributed by atoms with van der Waals surface area (Å²) >= 11 is 1.72. The zero-order valence-electron chi connectivity index (χ0n) is 17.3. The second-order valence-corrected chi connectivity index (χ2v) is 9.42. The Morgan fingerprint density at radius 3 is 2.55 bits per heavy atom. The zero-order chi connectivity index (χ0) is 20.5. The molecule has 1 aromatic rings. The van der Waals surface area contributed by atoms with E-state index in [1.807, 2.05) is 14.1 Å². The first-order valence-electron chi connectivity index (χ1n) is 10.5. The molecule has 0 bridgehead atoms. The summed E-state index contributed by atoms with van der Waals surface area (Å²) in [6.45, 7) is 2.14. The van der Waals surface area contributed by atoms with Crippen LogP contribution in [-0.2, 0) is 9.59 Å². The fourth-order valence-electron chi connectivity index (χ4n) is 4.58. The van der Waals surface area contributed by atoms with Gasteiger partial charge in [0.05, 0.1) is 12.1 Å². The van der Waals surface area contributed by atoms with Crippen molar-refractivity contribution in [1.29, 1.82) is 0 Å². The molecule has 6 nitrogen and oxygen atoms in total. The number of fused-ring (bicyclic) bond motifs is 1. The SMILES string of the molecule is CCCSC1NC(=O)C2C(NC3=C(C(=O)CCC3)C2c2ccc(N(C)C)cc2)N1. The highest BCUT2D eigenvalue weighted by Crippen LogP contribution is 2.44. The molecule has 29 heavy (non-hydrogen) atoms. The molecule has 2 aliphatic heterocycles. The van der Waals surface area contributed by atoms with Gasteiger partial charge >= 0.3 is 0 Å². The molecule has 1 fully saturated rings. The van der Waals surface area contributed by atoms with Crippen molar-refractivity contribution >= 4 is 29.1 Å². The molecular weight excluding hydrogens is 384 g/mol. The number of rotatable bonds is 5. The largest absolute Gasteiger partial charge is 0.378 e. The first-order chi connectivity index (χ1) is 14.0. The molecule has 3 N–H and O–H groups in total. The highest BCUT2D eigenvalue weighted by molar-refractivity contribution is 7.99. The Hall–Kier alpha value is -1.99. The Morgan fingerprint density at radius 2 is 1.86 bits per heavy atom. The maximum absolute atomic E-state index is 13.2. The number of thioether (sulfide) groups is 1. The lowest BCUT2D eigenvalue weighted by Crippen LogP contribution is -2.67. The number of hydrogen-bond donors (Lipinski definition) is 3. The summed E-state index contributed by atoms with van der Waals surface area (Å²) in [7, 11) is 4.01. The Morgan fingerprint density at radius 1 is 1.10 bits per heavy atom. The number of Topliss-reactive ketones (excluding diaryl/α,β-unsaturated/α-hetero) is 1. The van der Waals surface area contributed by atoms with Gasteiger partial charge in [0.25, 0.3) is 0 Å². The van der Waals surface area contributed by atoms with E-state index in [1.165, 1.54) is 0 Å². The van der Waals surface area contributed by atoms with Crippen molar-refractivity contribution in [1.82, 2.24) is 16.0 Å². The van der Waals surface area contributed by atoms with Crippen LogP contribution in [0, 0.1) is 5.92 Å². The van der Waals surface area contributed by atoms with Crippen molar-refractivity contribution in [3.8, 4) is 0 Å². The molecule has 0 aromatic heterocycles. The van der Waals surface area contributed by atoms with Crippen molar-refractivity contribution in [2.45, 2.75) is 50.2 Å². The van der Waals surface area contributed by atoms with E-state index in [0.29, 0.717) is 6.42 Å². The van der Waals surface area contributed by atoms with Gasteiger partial charge in [-0.05, 0) is 42.7 Å². The third-order valence-corrected chi connectivity index (χ3v) is 7.21. The van der Waals surface area contributed by atoms with Crippen molar-refractivity contribution in [3.05, 3.63) is 41.1 Å². The third-order valence-electron chi connectivity index (χ3n) is 5.98. The molecule has 4 unspecified atom stereocenters. The van der Waals surface area contributed by atoms with Crippen LogP contribution in [0.3, 0.4) is 0 Å². The van der Waals surface area contributed by atoms with E-state index in [-0.39, 0.29) is 35.2 Å². The summed E-state index contributed by atoms with van der Waals surface area (Å²) in [4.78, 5) is 28.2. The van der Waals surface area contributed by atoms with Crippen LogP contribution in [0.4, 0.5) is 5.69 Å². The topological polar surface area (TPSA) is 73.5 Å². The lowest BCUT2D eigenvalue weighted by molar-refractivity contribution is -0.130. The second kappa shape index (κ2) is 8.40. The number of nitrogens with one attached hydrogen (secondary N) is 3. The van der Waals surface area contributed by atoms with E-state index >= 15 is 0 Å². The number of hydrogen-bond acceptors (Lipinski definition) is 6. The van der Waals surface area contributed by atoms with E-state index in [4.69, 9.17) is 0 Å². The van der Waals surface area contributed by atoms with Gasteiger partial charge in [-0.2, -0.15) is 0 Å². The summed E-state index contributed by atoms with van der Waals surface area (Å²) in [5.41, 5.74) is 3.86. The molecule has 1 aromatic carbocycles. The summed E-state index contributed by atoms with van der Waals surface area (Å²) < 4.78 is 0. The lowest BCUT2D eigenvalue weighted by Gasteiger charge is -2.47. The standard InChI is InChI=1S/C22H30N4O2S/c1-4-12-29-22-24-20-19(21(28)25-22)17(13-8-10-14(11-9-13)26(2)3)18-15(23-20)6-5-7-16(18)27/h8-11,17,19-20,22-24H,4-7,12H2,1-3H3,(H,25,28). The average molecular weight is 415 g/mol. The molecule has 156 valence electrons. The van der Waals surface area contributed by atoms with E-state index < -0.39 is 0 Å². The van der Waals surface area contributed by atoms with Gasteiger partial charge in [0.2, 0.25) is 5.91 Å². The van der Waals surface area contributed by atoms with Crippen LogP contribution < -0.4 is 20.9 Å². The van der Waals surface area contributed by atoms with Gasteiger partial charge in [-0.1, -0.05) is 19.1 Å². The molecule has 0 radical (unpaired) electrons. The third kappa shape index (κ3) is 3.90. The van der Waals surface area contributed by atoms with E-state index in [9.17, 15) is 9.59 Å². The monoisotopic (exact) mass is 414 g/mol. The van der Waals surface area contributed by atoms with Crippen molar-refractivity contribution < 1.29 is 9.59 Å². The Balaban J connectivity index is 1.72. The number of carbonyl (C=O) groups is 2. The van der Waals surface area contributed by atoms with Gasteiger partial charge in [0, 0.05) is 43.4 Å². The smallest absolute Gasteiger partial charge is 0.229 e. The van der Waals surface area contributed by atoms with Crippen LogP contribution in [0.15, 0.2) is 35.5 Å². The van der Waals surface area contributed by atoms with Gasteiger partial charge in [-0.3, -0.25) is 14.9 Å². The zero-order valence-corrected chi connectivity index (χ0v) is 18.1. The molecule has 0 saturated carbocycles. The molecular formula is C22H30N4O2S. The van der Waals surface area contributed by atoms with E-state index in [0.717, 1.165) is 47.5 Å². The average Bonchev–Trinajstić information content (AvgIpc) is 2.71.